The molecule has 0 bridgehead atoms. The molecule has 0 radical (unpaired) electrons. The van der Waals surface area contributed by atoms with Crippen LogP contribution < -0.4 is 0 Å². The number of rotatable bonds is 5. The average molecular weight is 454 g/mol. The first kappa shape index (κ1) is 23.4. The van der Waals surface area contributed by atoms with Gasteiger partial charge in [-0.05, 0) is 105 Å². The Bertz CT molecular complexity index is 934. The summed E-state index contributed by atoms with van der Waals surface area (Å²) in [5.74, 6) is 3.03. The Balaban J connectivity index is 1.36. The van der Waals surface area contributed by atoms with Crippen molar-refractivity contribution in [2.45, 2.75) is 110 Å². The molecule has 5 rings (SSSR count). The summed E-state index contributed by atoms with van der Waals surface area (Å²) in [5.41, 5.74) is -0.316. The van der Waals surface area contributed by atoms with Crippen LogP contribution in [0.15, 0.2) is 12.4 Å². The Morgan fingerprint density at radius 3 is 2.64 bits per heavy atom. The van der Waals surface area contributed by atoms with Crippen molar-refractivity contribution in [1.29, 1.82) is 5.26 Å². The van der Waals surface area contributed by atoms with Gasteiger partial charge in [0.15, 0.2) is 0 Å². The Hall–Kier alpha value is -1.38. The van der Waals surface area contributed by atoms with Gasteiger partial charge in [0.1, 0.15) is 6.07 Å². The number of nitrogens with zero attached hydrogens (tertiary/aromatic N) is 3. The first-order chi connectivity index (χ1) is 15.5. The zero-order valence-electron chi connectivity index (χ0n) is 21.1. The van der Waals surface area contributed by atoms with Crippen LogP contribution >= 0.6 is 0 Å². The minimum atomic E-state index is -0.842. The van der Waals surface area contributed by atoms with Crippen molar-refractivity contribution in [3.05, 3.63) is 18.0 Å². The largest absolute Gasteiger partial charge is 0.390 e. The summed E-state index contributed by atoms with van der Waals surface area (Å²) in [7, 11) is 0. The third kappa shape index (κ3) is 3.59. The van der Waals surface area contributed by atoms with Crippen LogP contribution in [0.5, 0.6) is 0 Å². The SMILES string of the molecule is CCC[C@]1(O)C[C@@H]2CC[C@@H]3[C@H](CC[C@]4(C)[C@@H](C(C)(O)Cn5cc(C#N)cn5)CC[C@@H]34)[C@@]2(C)C1. The van der Waals surface area contributed by atoms with Crippen molar-refractivity contribution < 1.29 is 10.2 Å². The number of aliphatic hydroxyl groups is 2. The quantitative estimate of drug-likeness (QED) is 0.633. The van der Waals surface area contributed by atoms with E-state index in [-0.39, 0.29) is 16.7 Å². The third-order valence-corrected chi connectivity index (χ3v) is 11.1. The summed E-state index contributed by atoms with van der Waals surface area (Å²) in [4.78, 5) is 0. The second-order valence-electron chi connectivity index (χ2n) is 13.1. The van der Waals surface area contributed by atoms with Gasteiger partial charge in [-0.1, -0.05) is 27.2 Å². The van der Waals surface area contributed by atoms with E-state index in [1.165, 1.54) is 32.1 Å². The molecule has 4 saturated carbocycles. The van der Waals surface area contributed by atoms with Gasteiger partial charge >= 0.3 is 0 Å². The van der Waals surface area contributed by atoms with Crippen molar-refractivity contribution in [2.75, 3.05) is 0 Å². The molecule has 0 aromatic carbocycles. The van der Waals surface area contributed by atoms with E-state index in [2.05, 4.69) is 31.9 Å². The first-order valence-corrected chi connectivity index (χ1v) is 13.4. The normalized spacial score (nSPS) is 46.2. The predicted molar refractivity (Wildman–Crippen MR) is 128 cm³/mol. The molecule has 4 fully saturated rings. The van der Waals surface area contributed by atoms with Gasteiger partial charge in [0.05, 0.1) is 29.5 Å². The van der Waals surface area contributed by atoms with Crippen LogP contribution in [0.2, 0.25) is 0 Å². The van der Waals surface area contributed by atoms with E-state index in [0.29, 0.717) is 29.9 Å². The molecule has 4 aliphatic carbocycles. The third-order valence-electron chi connectivity index (χ3n) is 11.1. The molecule has 5 nitrogen and oxygen atoms in total. The van der Waals surface area contributed by atoms with E-state index in [0.717, 1.165) is 38.0 Å². The number of aromatic nitrogens is 2. The fraction of sp³-hybridized carbons (Fsp3) is 0.857. The van der Waals surface area contributed by atoms with Gasteiger partial charge in [0.25, 0.3) is 0 Å². The molecule has 0 saturated heterocycles. The summed E-state index contributed by atoms with van der Waals surface area (Å²) < 4.78 is 1.75. The van der Waals surface area contributed by atoms with Crippen molar-refractivity contribution in [1.82, 2.24) is 9.78 Å². The predicted octanol–water partition coefficient (Wildman–Crippen LogP) is 5.31. The van der Waals surface area contributed by atoms with Gasteiger partial charge in [0, 0.05) is 6.20 Å². The maximum Gasteiger partial charge on any atom is 0.102 e. The lowest BCUT2D eigenvalue weighted by atomic mass is 9.47. The second-order valence-corrected chi connectivity index (χ2v) is 13.1. The molecule has 1 unspecified atom stereocenters. The number of hydrogen-bond donors (Lipinski definition) is 2. The van der Waals surface area contributed by atoms with Crippen LogP contribution in [0.4, 0.5) is 0 Å². The summed E-state index contributed by atoms with van der Waals surface area (Å²) in [6, 6.07) is 2.14. The van der Waals surface area contributed by atoms with E-state index in [1.807, 2.05) is 6.92 Å². The molecule has 182 valence electrons. The van der Waals surface area contributed by atoms with Crippen LogP contribution in [-0.4, -0.2) is 31.2 Å². The van der Waals surface area contributed by atoms with Crippen molar-refractivity contribution >= 4 is 0 Å². The smallest absolute Gasteiger partial charge is 0.102 e. The highest BCUT2D eigenvalue weighted by Gasteiger charge is 2.64. The molecule has 4 aliphatic rings. The van der Waals surface area contributed by atoms with E-state index >= 15 is 0 Å². The van der Waals surface area contributed by atoms with Gasteiger partial charge in [-0.25, -0.2) is 0 Å². The van der Waals surface area contributed by atoms with Crippen LogP contribution in [0.1, 0.15) is 97.5 Å². The Morgan fingerprint density at radius 1 is 1.18 bits per heavy atom. The van der Waals surface area contributed by atoms with E-state index in [9.17, 15) is 10.2 Å². The van der Waals surface area contributed by atoms with Gasteiger partial charge in [-0.2, -0.15) is 10.4 Å². The Morgan fingerprint density at radius 2 is 1.94 bits per heavy atom. The number of fused-ring (bicyclic) bond motifs is 5. The number of nitriles is 1. The van der Waals surface area contributed by atoms with E-state index in [1.54, 1.807) is 17.1 Å². The first-order valence-electron chi connectivity index (χ1n) is 13.4. The van der Waals surface area contributed by atoms with E-state index in [4.69, 9.17) is 5.26 Å². The lowest BCUT2D eigenvalue weighted by Gasteiger charge is -2.58. The van der Waals surface area contributed by atoms with Crippen LogP contribution in [0.3, 0.4) is 0 Å². The summed E-state index contributed by atoms with van der Waals surface area (Å²) in [5, 5.41) is 36.5. The molecule has 2 N–H and O–H groups in total. The molecule has 0 spiro atoms. The minimum absolute atomic E-state index is 0.150. The molecule has 9 atom stereocenters. The summed E-state index contributed by atoms with van der Waals surface area (Å²) >= 11 is 0. The molecule has 1 aromatic heterocycles. The van der Waals surface area contributed by atoms with Gasteiger partial charge < -0.3 is 10.2 Å². The van der Waals surface area contributed by atoms with Crippen LogP contribution in [0, 0.1) is 51.8 Å². The highest BCUT2D eigenvalue weighted by Crippen LogP contribution is 2.70. The summed E-state index contributed by atoms with van der Waals surface area (Å²) in [6.07, 6.45) is 14.6. The second kappa shape index (κ2) is 7.82. The lowest BCUT2D eigenvalue weighted by molar-refractivity contribution is -0.125. The molecular formula is C28H43N3O2. The molecule has 5 heteroatoms. The summed E-state index contributed by atoms with van der Waals surface area (Å²) in [6.45, 7) is 9.61. The van der Waals surface area contributed by atoms with Gasteiger partial charge in [0.2, 0.25) is 0 Å². The molecule has 1 heterocycles. The Labute approximate surface area is 199 Å². The van der Waals surface area contributed by atoms with Crippen molar-refractivity contribution in [3.63, 3.8) is 0 Å². The topological polar surface area (TPSA) is 82.1 Å². The highest BCUT2D eigenvalue weighted by molar-refractivity contribution is 5.22. The monoisotopic (exact) mass is 453 g/mol. The molecule has 1 aromatic rings. The molecular weight excluding hydrogens is 410 g/mol. The highest BCUT2D eigenvalue weighted by atomic mass is 16.3. The van der Waals surface area contributed by atoms with Crippen LogP contribution in [0.25, 0.3) is 0 Å². The zero-order valence-corrected chi connectivity index (χ0v) is 21.1. The molecule has 0 amide bonds. The Kier molecular flexibility index (Phi) is 5.54. The minimum Gasteiger partial charge on any atom is -0.390 e. The van der Waals surface area contributed by atoms with Crippen molar-refractivity contribution in [3.8, 4) is 6.07 Å². The average Bonchev–Trinajstić information content (AvgIpc) is 3.40. The zero-order chi connectivity index (χ0) is 23.6. The maximum atomic E-state index is 11.7. The standard InChI is InChI=1S/C28H43N3O2/c1-5-11-28(33)13-20-6-7-21-22-8-9-24(25(22,2)12-10-23(21)26(20,3)17-28)27(4,32)18-31-16-19(14-29)15-30-31/h15-16,20-24,32-33H,5-13,17-18H2,1-4H3/t20-,21-,22-,23-,24-,25-,26-,27?,28-/m0/s1. The van der Waals surface area contributed by atoms with Crippen molar-refractivity contribution in [2.24, 2.45) is 40.4 Å². The fourth-order valence-electron chi connectivity index (χ4n) is 10.0. The number of hydrogen-bond acceptors (Lipinski definition) is 4. The van der Waals surface area contributed by atoms with Crippen LogP contribution in [-0.2, 0) is 6.54 Å². The van der Waals surface area contributed by atoms with Gasteiger partial charge in [-0.15, -0.1) is 0 Å². The maximum absolute atomic E-state index is 11.7. The lowest BCUT2D eigenvalue weighted by Crippen LogP contribution is -2.54. The molecule has 33 heavy (non-hydrogen) atoms. The van der Waals surface area contributed by atoms with Gasteiger partial charge in [-0.3, -0.25) is 4.68 Å². The van der Waals surface area contributed by atoms with E-state index < -0.39 is 11.2 Å². The molecule has 0 aliphatic heterocycles. The fourth-order valence-corrected chi connectivity index (χ4v) is 10.0.